The molecule has 5 heteroatoms. The van der Waals surface area contributed by atoms with Gasteiger partial charge in [-0.15, -0.1) is 11.8 Å². The van der Waals surface area contributed by atoms with Gasteiger partial charge in [0.25, 0.3) is 0 Å². The summed E-state index contributed by atoms with van der Waals surface area (Å²) < 4.78 is 1.82. The molecule has 0 saturated heterocycles. The van der Waals surface area contributed by atoms with Crippen molar-refractivity contribution < 1.29 is 5.11 Å². The fraction of sp³-hybridized carbons (Fsp3) is 0.400. The second-order valence-corrected chi connectivity index (χ2v) is 6.79. The molecule has 2 atom stereocenters. The van der Waals surface area contributed by atoms with Gasteiger partial charge < -0.3 is 5.11 Å². The Morgan fingerprint density at radius 3 is 2.90 bits per heavy atom. The van der Waals surface area contributed by atoms with Crippen molar-refractivity contribution in [3.8, 4) is 0 Å². The van der Waals surface area contributed by atoms with E-state index in [1.807, 2.05) is 30.7 Å². The number of aromatic nitrogens is 2. The van der Waals surface area contributed by atoms with Crippen LogP contribution in [0.2, 0.25) is 5.02 Å². The molecule has 106 valence electrons. The van der Waals surface area contributed by atoms with Gasteiger partial charge in [-0.1, -0.05) is 29.8 Å². The maximum atomic E-state index is 10.8. The molecule has 0 saturated carbocycles. The Morgan fingerprint density at radius 2 is 2.15 bits per heavy atom. The van der Waals surface area contributed by atoms with Gasteiger partial charge in [-0.05, 0) is 25.5 Å². The van der Waals surface area contributed by atoms with Gasteiger partial charge in [0.1, 0.15) is 6.10 Å². The summed E-state index contributed by atoms with van der Waals surface area (Å²) in [5.41, 5.74) is 1.93. The Morgan fingerprint density at radius 1 is 1.40 bits per heavy atom. The maximum absolute atomic E-state index is 10.8. The number of aliphatic hydroxyl groups is 1. The molecule has 20 heavy (non-hydrogen) atoms. The summed E-state index contributed by atoms with van der Waals surface area (Å²) in [6, 6.07) is 8.43. The van der Waals surface area contributed by atoms with Crippen LogP contribution < -0.4 is 0 Å². The van der Waals surface area contributed by atoms with Crippen molar-refractivity contribution in [1.82, 2.24) is 9.78 Å². The van der Waals surface area contributed by atoms with Crippen LogP contribution in [0.5, 0.6) is 0 Å². The summed E-state index contributed by atoms with van der Waals surface area (Å²) in [5, 5.41) is 15.6. The predicted octanol–water partition coefficient (Wildman–Crippen LogP) is 4.04. The molecule has 2 aromatic rings. The number of thioether (sulfide) groups is 1. The molecular formula is C15H17ClN2OS. The van der Waals surface area contributed by atoms with Gasteiger partial charge in [0, 0.05) is 22.6 Å². The average Bonchev–Trinajstić information content (AvgIpc) is 3.01. The zero-order valence-corrected chi connectivity index (χ0v) is 13.0. The largest absolute Gasteiger partial charge is 0.386 e. The highest BCUT2D eigenvalue weighted by Crippen LogP contribution is 2.46. The molecule has 1 N–H and O–H groups in total. The lowest BCUT2D eigenvalue weighted by Gasteiger charge is -2.22. The van der Waals surface area contributed by atoms with E-state index < -0.39 is 6.10 Å². The molecule has 2 heterocycles. The van der Waals surface area contributed by atoms with E-state index in [1.54, 1.807) is 18.0 Å². The molecule has 0 aliphatic carbocycles. The summed E-state index contributed by atoms with van der Waals surface area (Å²) in [4.78, 5) is 1.25. The first-order chi connectivity index (χ1) is 9.59. The van der Waals surface area contributed by atoms with Crippen LogP contribution in [0, 0.1) is 0 Å². The fourth-order valence-corrected chi connectivity index (χ4v) is 4.20. The maximum Gasteiger partial charge on any atom is 0.105 e. The van der Waals surface area contributed by atoms with Crippen molar-refractivity contribution in [3.05, 3.63) is 46.7 Å². The van der Waals surface area contributed by atoms with Crippen LogP contribution in [0.3, 0.4) is 0 Å². The van der Waals surface area contributed by atoms with Gasteiger partial charge in [-0.25, -0.2) is 0 Å². The first kappa shape index (κ1) is 14.0. The molecule has 0 amide bonds. The second kappa shape index (κ2) is 5.43. The average molecular weight is 309 g/mol. The van der Waals surface area contributed by atoms with Crippen LogP contribution in [0.1, 0.15) is 43.2 Å². The van der Waals surface area contributed by atoms with Crippen molar-refractivity contribution >= 4 is 23.4 Å². The van der Waals surface area contributed by atoms with Crippen LogP contribution in [0.4, 0.5) is 0 Å². The van der Waals surface area contributed by atoms with E-state index >= 15 is 0 Å². The SMILES string of the molecule is CC(C)n1ncc(Cl)c1C(O)C1CSc2ccccc21. The van der Waals surface area contributed by atoms with Crippen molar-refractivity contribution in [2.75, 3.05) is 5.75 Å². The number of hydrogen-bond donors (Lipinski definition) is 1. The lowest BCUT2D eigenvalue weighted by molar-refractivity contribution is 0.141. The molecule has 0 fully saturated rings. The first-order valence-electron chi connectivity index (χ1n) is 6.72. The topological polar surface area (TPSA) is 38.0 Å². The normalized spacial score (nSPS) is 19.4. The summed E-state index contributed by atoms with van der Waals surface area (Å²) >= 11 is 8.03. The van der Waals surface area contributed by atoms with Gasteiger partial charge in [0.15, 0.2) is 0 Å². The Balaban J connectivity index is 1.99. The quantitative estimate of drug-likeness (QED) is 0.930. The van der Waals surface area contributed by atoms with Crippen LogP contribution in [-0.4, -0.2) is 20.6 Å². The standard InChI is InChI=1S/C15H17ClN2OS/c1-9(2)18-14(12(16)7-17-18)15(19)11-8-20-13-6-4-3-5-10(11)13/h3-7,9,11,15,19H,8H2,1-2H3. The Hall–Kier alpha value is -0.970. The molecule has 2 unspecified atom stereocenters. The minimum atomic E-state index is -0.622. The van der Waals surface area contributed by atoms with E-state index in [1.165, 1.54) is 10.5 Å². The monoisotopic (exact) mass is 308 g/mol. The van der Waals surface area contributed by atoms with Crippen LogP contribution >= 0.6 is 23.4 Å². The number of fused-ring (bicyclic) bond motifs is 1. The van der Waals surface area contributed by atoms with Gasteiger partial charge in [0.2, 0.25) is 0 Å². The van der Waals surface area contributed by atoms with Gasteiger partial charge >= 0.3 is 0 Å². The Bertz CT molecular complexity index is 626. The zero-order chi connectivity index (χ0) is 14.3. The van der Waals surface area contributed by atoms with E-state index in [9.17, 15) is 5.11 Å². The van der Waals surface area contributed by atoms with E-state index in [-0.39, 0.29) is 12.0 Å². The number of aliphatic hydroxyl groups excluding tert-OH is 1. The molecule has 0 bridgehead atoms. The third-order valence-corrected chi connectivity index (χ3v) is 5.17. The van der Waals surface area contributed by atoms with E-state index in [0.29, 0.717) is 5.02 Å². The van der Waals surface area contributed by atoms with Crippen molar-refractivity contribution in [3.63, 3.8) is 0 Å². The Labute approximate surface area is 128 Å². The summed E-state index contributed by atoms with van der Waals surface area (Å²) in [6.07, 6.45) is 0.997. The molecule has 3 nitrogen and oxygen atoms in total. The molecule has 1 aliphatic heterocycles. The molecule has 1 aliphatic rings. The summed E-state index contributed by atoms with van der Waals surface area (Å²) in [6.45, 7) is 4.08. The van der Waals surface area contributed by atoms with E-state index in [0.717, 1.165) is 11.4 Å². The number of hydrogen-bond acceptors (Lipinski definition) is 3. The minimum absolute atomic E-state index is 0.0721. The van der Waals surface area contributed by atoms with Gasteiger partial charge in [0.05, 0.1) is 16.9 Å². The highest BCUT2D eigenvalue weighted by molar-refractivity contribution is 7.99. The number of nitrogens with zero attached hydrogens (tertiary/aromatic N) is 2. The van der Waals surface area contributed by atoms with E-state index in [2.05, 4.69) is 17.2 Å². The van der Waals surface area contributed by atoms with Crippen LogP contribution in [0.25, 0.3) is 0 Å². The fourth-order valence-electron chi connectivity index (χ4n) is 2.68. The smallest absolute Gasteiger partial charge is 0.105 e. The predicted molar refractivity (Wildman–Crippen MR) is 82.5 cm³/mol. The molecule has 1 aromatic heterocycles. The third kappa shape index (κ3) is 2.26. The highest BCUT2D eigenvalue weighted by atomic mass is 35.5. The molecular weight excluding hydrogens is 292 g/mol. The third-order valence-electron chi connectivity index (χ3n) is 3.67. The van der Waals surface area contributed by atoms with Crippen molar-refractivity contribution in [1.29, 1.82) is 0 Å². The van der Waals surface area contributed by atoms with Gasteiger partial charge in [-0.2, -0.15) is 5.10 Å². The van der Waals surface area contributed by atoms with Gasteiger partial charge in [-0.3, -0.25) is 4.68 Å². The molecule has 3 rings (SSSR count). The lowest BCUT2D eigenvalue weighted by Crippen LogP contribution is -2.17. The number of halogens is 1. The minimum Gasteiger partial charge on any atom is -0.386 e. The Kier molecular flexibility index (Phi) is 3.80. The lowest BCUT2D eigenvalue weighted by atomic mass is 9.93. The second-order valence-electron chi connectivity index (χ2n) is 5.32. The first-order valence-corrected chi connectivity index (χ1v) is 8.08. The molecule has 0 radical (unpaired) electrons. The van der Waals surface area contributed by atoms with Crippen molar-refractivity contribution in [2.24, 2.45) is 0 Å². The number of benzene rings is 1. The summed E-state index contributed by atoms with van der Waals surface area (Å²) in [5.74, 6) is 0.947. The zero-order valence-electron chi connectivity index (χ0n) is 11.5. The van der Waals surface area contributed by atoms with Crippen LogP contribution in [0.15, 0.2) is 35.4 Å². The van der Waals surface area contributed by atoms with Crippen LogP contribution in [-0.2, 0) is 0 Å². The van der Waals surface area contributed by atoms with Crippen molar-refractivity contribution in [2.45, 2.75) is 36.8 Å². The van der Waals surface area contributed by atoms with E-state index in [4.69, 9.17) is 11.6 Å². The molecule has 0 spiro atoms. The number of rotatable bonds is 3. The summed E-state index contributed by atoms with van der Waals surface area (Å²) in [7, 11) is 0. The molecule has 1 aromatic carbocycles. The highest BCUT2D eigenvalue weighted by Gasteiger charge is 2.33.